The molecule has 2 aromatic carbocycles. The maximum Gasteiger partial charge on any atom is 0.195 e. The summed E-state index contributed by atoms with van der Waals surface area (Å²) in [5.41, 5.74) is 2.63. The Kier molecular flexibility index (Phi) is 10.2. The highest BCUT2D eigenvalue weighted by Gasteiger charge is 2.35. The predicted molar refractivity (Wildman–Crippen MR) is 190 cm³/mol. The summed E-state index contributed by atoms with van der Waals surface area (Å²) >= 11 is 0. The third-order valence-corrected chi connectivity index (χ3v) is 9.51. The number of nitrogens with one attached hydrogen (secondary N) is 4. The molecule has 8 aliphatic heterocycles. The van der Waals surface area contributed by atoms with Crippen molar-refractivity contribution in [2.75, 3.05) is 91.6 Å². The van der Waals surface area contributed by atoms with Crippen molar-refractivity contribution in [2.45, 2.75) is 31.3 Å². The van der Waals surface area contributed by atoms with Crippen LogP contribution in [0.1, 0.15) is 42.5 Å². The molecule has 4 N–H and O–H groups in total. The second-order valence-electron chi connectivity index (χ2n) is 12.8. The van der Waals surface area contributed by atoms with Gasteiger partial charge < -0.3 is 40.9 Å². The van der Waals surface area contributed by atoms with Crippen molar-refractivity contribution in [1.82, 2.24) is 40.9 Å². The smallest absolute Gasteiger partial charge is 0.195 e. The Bertz CT molecular complexity index is 1420. The summed E-state index contributed by atoms with van der Waals surface area (Å²) < 4.78 is 0. The number of hydrogen-bond acceptors (Lipinski definition) is 12. The van der Waals surface area contributed by atoms with Crippen molar-refractivity contribution in [3.05, 3.63) is 71.8 Å². The van der Waals surface area contributed by atoms with Gasteiger partial charge in [0.25, 0.3) is 0 Å². The number of hydrogen-bond donors (Lipinski definition) is 4. The maximum absolute atomic E-state index is 4.83. The van der Waals surface area contributed by atoms with Gasteiger partial charge in [-0.15, -0.1) is 0 Å². The zero-order chi connectivity index (χ0) is 31.7. The molecule has 47 heavy (non-hydrogen) atoms. The molecule has 0 radical (unpaired) electrons. The van der Waals surface area contributed by atoms with E-state index >= 15 is 0 Å². The summed E-state index contributed by atoms with van der Waals surface area (Å²) in [6.45, 7) is 15.3. The zero-order valence-corrected chi connectivity index (χ0v) is 27.5. The van der Waals surface area contributed by atoms with Crippen LogP contribution in [-0.2, 0) is 0 Å². The Morgan fingerprint density at radius 2 is 1.04 bits per heavy atom. The molecule has 0 spiro atoms. The third-order valence-electron chi connectivity index (χ3n) is 9.51. The fourth-order valence-electron chi connectivity index (χ4n) is 7.02. The van der Waals surface area contributed by atoms with E-state index < -0.39 is 0 Å². The lowest BCUT2D eigenvalue weighted by Crippen LogP contribution is -2.49. The number of aliphatic imine (C=N–C) groups is 4. The standard InChI is InChI=1S/C17H17N3.C7H13N3.C6H11N3.C5H9N3/c1-3-7-13(8-4-1)15-11-20-12-16(19-17(20)18-15)14-9-5-2-6-10-14;1-3-8-7-9-4-2-6-10(7)5-1;1-2-7-6-8-3-5-9(6)4-1;1-3-8-4-2-7-5(8)6-1/h1-10,15-16H,11-12H2,(H,18,19);1-6H2,(H,8,9);1-5H2,(H,7,8);1-4H2,(H,6,7)/t15-,16-;;;/m1.../s1. The Labute approximate surface area is 279 Å². The molecule has 0 saturated carbocycles. The molecule has 12 heteroatoms. The lowest BCUT2D eigenvalue weighted by Gasteiger charge is -2.33. The predicted octanol–water partition coefficient (Wildman–Crippen LogP) is 1.70. The number of nitrogens with zero attached hydrogens (tertiary/aromatic N) is 8. The molecule has 0 bridgehead atoms. The van der Waals surface area contributed by atoms with Crippen LogP contribution in [0.15, 0.2) is 80.6 Å². The first kappa shape index (κ1) is 31.1. The van der Waals surface area contributed by atoms with E-state index in [2.05, 4.69) is 117 Å². The summed E-state index contributed by atoms with van der Waals surface area (Å²) in [7, 11) is 0. The molecule has 0 aliphatic carbocycles. The van der Waals surface area contributed by atoms with E-state index in [-0.39, 0.29) is 6.04 Å². The van der Waals surface area contributed by atoms with Crippen LogP contribution >= 0.6 is 0 Å². The SMILES string of the molecule is C1CN2CCNC2=N1.C1CN=C2NCCCN2C1.C1CN=C2NCCN2C1.c1ccc([C@H]2CN3C[C@H](c4ccccc4)NC3=N2)cc1. The van der Waals surface area contributed by atoms with Crippen LogP contribution in [0, 0.1) is 0 Å². The quantitative estimate of drug-likeness (QED) is 0.394. The zero-order valence-electron chi connectivity index (χ0n) is 27.5. The molecule has 8 aliphatic rings. The molecular weight excluding hydrogens is 588 g/mol. The molecule has 2 atom stereocenters. The van der Waals surface area contributed by atoms with Crippen LogP contribution in [0.4, 0.5) is 0 Å². The Morgan fingerprint density at radius 1 is 0.489 bits per heavy atom. The Morgan fingerprint density at radius 3 is 1.66 bits per heavy atom. The summed E-state index contributed by atoms with van der Waals surface area (Å²) in [6, 6.07) is 21.8. The third kappa shape index (κ3) is 7.91. The van der Waals surface area contributed by atoms with Crippen LogP contribution in [0.5, 0.6) is 0 Å². The first-order valence-electron chi connectivity index (χ1n) is 17.6. The van der Waals surface area contributed by atoms with Crippen LogP contribution in [0.25, 0.3) is 0 Å². The lowest BCUT2D eigenvalue weighted by molar-refractivity contribution is 0.346. The van der Waals surface area contributed by atoms with Crippen LogP contribution in [0.3, 0.4) is 0 Å². The molecule has 10 rings (SSSR count). The molecule has 0 amide bonds. The van der Waals surface area contributed by atoms with Crippen molar-refractivity contribution >= 4 is 23.8 Å². The van der Waals surface area contributed by atoms with E-state index in [1.807, 2.05) is 0 Å². The van der Waals surface area contributed by atoms with Crippen molar-refractivity contribution < 1.29 is 0 Å². The van der Waals surface area contributed by atoms with Crippen molar-refractivity contribution in [2.24, 2.45) is 20.0 Å². The van der Waals surface area contributed by atoms with Gasteiger partial charge in [0.1, 0.15) is 0 Å². The molecule has 4 saturated heterocycles. The Balaban J connectivity index is 0.000000109. The monoisotopic (exact) mass is 638 g/mol. The van der Waals surface area contributed by atoms with Gasteiger partial charge in [0.2, 0.25) is 0 Å². The first-order valence-corrected chi connectivity index (χ1v) is 17.6. The average molecular weight is 639 g/mol. The minimum atomic E-state index is 0.274. The van der Waals surface area contributed by atoms with E-state index in [0.29, 0.717) is 6.04 Å². The van der Waals surface area contributed by atoms with E-state index in [1.54, 1.807) is 0 Å². The molecule has 4 fully saturated rings. The summed E-state index contributed by atoms with van der Waals surface area (Å²) in [5.74, 6) is 4.43. The van der Waals surface area contributed by atoms with Crippen LogP contribution < -0.4 is 21.3 Å². The van der Waals surface area contributed by atoms with Crippen LogP contribution in [0.2, 0.25) is 0 Å². The normalized spacial score (nSPS) is 24.6. The molecule has 8 heterocycles. The highest BCUT2D eigenvalue weighted by molar-refractivity contribution is 5.85. The number of rotatable bonds is 2. The fourth-order valence-corrected chi connectivity index (χ4v) is 7.02. The largest absolute Gasteiger partial charge is 0.356 e. The number of guanidine groups is 4. The summed E-state index contributed by atoms with van der Waals surface area (Å²) in [6.07, 6.45) is 3.72. The molecule has 12 nitrogen and oxygen atoms in total. The highest BCUT2D eigenvalue weighted by Crippen LogP contribution is 2.30. The lowest BCUT2D eigenvalue weighted by atomic mass is 10.1. The van der Waals surface area contributed by atoms with Gasteiger partial charge in [-0.25, -0.2) is 4.99 Å². The first-order chi connectivity index (χ1) is 23.3. The number of fused-ring (bicyclic) bond motifs is 4. The van der Waals surface area contributed by atoms with Crippen molar-refractivity contribution in [3.63, 3.8) is 0 Å². The molecule has 0 unspecified atom stereocenters. The van der Waals surface area contributed by atoms with Gasteiger partial charge in [0, 0.05) is 85.1 Å². The minimum absolute atomic E-state index is 0.274. The highest BCUT2D eigenvalue weighted by atomic mass is 15.4. The fraction of sp³-hybridized carbons (Fsp3) is 0.543. The van der Waals surface area contributed by atoms with E-state index in [4.69, 9.17) is 4.99 Å². The van der Waals surface area contributed by atoms with Crippen molar-refractivity contribution in [3.8, 4) is 0 Å². The van der Waals surface area contributed by atoms with E-state index in [1.165, 1.54) is 50.0 Å². The Hall–Kier alpha value is -4.48. The van der Waals surface area contributed by atoms with Gasteiger partial charge in [-0.05, 0) is 30.4 Å². The van der Waals surface area contributed by atoms with Gasteiger partial charge in [-0.2, -0.15) is 0 Å². The topological polar surface area (TPSA) is 111 Å². The summed E-state index contributed by atoms with van der Waals surface area (Å²) in [4.78, 5) is 27.0. The molecular formula is C35H50N12. The molecule has 0 aromatic heterocycles. The van der Waals surface area contributed by atoms with Crippen LogP contribution in [-0.4, -0.2) is 135 Å². The molecule has 250 valence electrons. The van der Waals surface area contributed by atoms with E-state index in [0.717, 1.165) is 95.8 Å². The summed E-state index contributed by atoms with van der Waals surface area (Å²) in [5, 5.41) is 13.3. The maximum atomic E-state index is 4.83. The van der Waals surface area contributed by atoms with E-state index in [9.17, 15) is 0 Å². The average Bonchev–Trinajstić information content (AvgIpc) is 3.97. The van der Waals surface area contributed by atoms with Crippen molar-refractivity contribution in [1.29, 1.82) is 0 Å². The van der Waals surface area contributed by atoms with Gasteiger partial charge in [0.05, 0.1) is 18.6 Å². The van der Waals surface area contributed by atoms with Gasteiger partial charge in [-0.3, -0.25) is 15.0 Å². The second kappa shape index (κ2) is 15.4. The van der Waals surface area contributed by atoms with Gasteiger partial charge >= 0.3 is 0 Å². The number of benzene rings is 2. The second-order valence-corrected chi connectivity index (χ2v) is 12.8. The molecule has 2 aromatic rings. The van der Waals surface area contributed by atoms with Gasteiger partial charge in [0.15, 0.2) is 23.8 Å². The van der Waals surface area contributed by atoms with Gasteiger partial charge in [-0.1, -0.05) is 60.7 Å². The minimum Gasteiger partial charge on any atom is -0.356 e.